The molecule has 3 nitrogen and oxygen atoms in total. The van der Waals surface area contributed by atoms with Crippen LogP contribution < -0.4 is 0 Å². The van der Waals surface area contributed by atoms with Gasteiger partial charge in [-0.1, -0.05) is 80.3 Å². The molecule has 4 heteroatoms. The van der Waals surface area contributed by atoms with Crippen LogP contribution in [0, 0.1) is 0 Å². The van der Waals surface area contributed by atoms with Gasteiger partial charge in [0.15, 0.2) is 0 Å². The Labute approximate surface area is 145 Å². The topological polar surface area (TPSA) is 29.3 Å². The minimum Gasteiger partial charge on any atom is -0.450 e. The second-order valence-corrected chi connectivity index (χ2v) is 13.2. The number of rotatable bonds is 5. The van der Waals surface area contributed by atoms with E-state index in [2.05, 4.69) is 43.9 Å². The maximum Gasteiger partial charge on any atom is 0.410 e. The van der Waals surface area contributed by atoms with Crippen molar-refractivity contribution in [2.24, 2.45) is 0 Å². The first-order valence-electron chi connectivity index (χ1n) is 8.52. The van der Waals surface area contributed by atoms with Gasteiger partial charge in [0.2, 0.25) is 0 Å². The third-order valence-electron chi connectivity index (χ3n) is 4.38. The number of hydrogen-bond acceptors (Lipinski definition) is 2. The van der Waals surface area contributed by atoms with Crippen molar-refractivity contribution in [2.75, 3.05) is 6.61 Å². The molecular formula is C20H25NO2Si. The van der Waals surface area contributed by atoms with E-state index in [1.54, 1.807) is 0 Å². The fourth-order valence-corrected chi connectivity index (χ4v) is 3.68. The standard InChI is InChI=1S/C20H25NO2Si/c1-24(2,3)15-14-23-20(22)21-18(16-10-6-4-7-11-16)19(21)17-12-8-5-9-13-17/h4-13,18-19H,14-15H2,1-3H3/t18-,19-/m1/s1. The first-order chi connectivity index (χ1) is 11.5. The Morgan fingerprint density at radius 3 is 1.79 bits per heavy atom. The lowest BCUT2D eigenvalue weighted by Crippen LogP contribution is -2.24. The molecule has 1 amide bonds. The van der Waals surface area contributed by atoms with Crippen LogP contribution in [0.5, 0.6) is 0 Å². The van der Waals surface area contributed by atoms with Crippen LogP contribution in [-0.2, 0) is 4.74 Å². The van der Waals surface area contributed by atoms with Gasteiger partial charge in [-0.05, 0) is 17.2 Å². The molecule has 0 bridgehead atoms. The predicted octanol–water partition coefficient (Wildman–Crippen LogP) is 5.26. The summed E-state index contributed by atoms with van der Waals surface area (Å²) >= 11 is 0. The first-order valence-corrected chi connectivity index (χ1v) is 12.2. The van der Waals surface area contributed by atoms with Crippen LogP contribution in [0.1, 0.15) is 23.2 Å². The zero-order chi connectivity index (χ0) is 17.2. The molecule has 1 heterocycles. The molecule has 0 aliphatic carbocycles. The number of hydrogen-bond donors (Lipinski definition) is 0. The average Bonchev–Trinajstić information content (AvgIpc) is 3.31. The van der Waals surface area contributed by atoms with E-state index in [-0.39, 0.29) is 18.2 Å². The molecule has 126 valence electrons. The SMILES string of the molecule is C[Si](C)(C)CCOC(=O)N1[C@H](c2ccccc2)[C@H]1c1ccccc1. The monoisotopic (exact) mass is 339 g/mol. The van der Waals surface area contributed by atoms with Crippen LogP contribution in [0.3, 0.4) is 0 Å². The summed E-state index contributed by atoms with van der Waals surface area (Å²) in [7, 11) is -1.20. The van der Waals surface area contributed by atoms with Crippen LogP contribution >= 0.6 is 0 Å². The summed E-state index contributed by atoms with van der Waals surface area (Å²) in [6.07, 6.45) is -0.198. The third kappa shape index (κ3) is 3.87. The second kappa shape index (κ2) is 6.81. The van der Waals surface area contributed by atoms with Crippen LogP contribution in [0.4, 0.5) is 4.79 Å². The normalized spacial score (nSPS) is 19.9. The van der Waals surface area contributed by atoms with Crippen LogP contribution in [0.15, 0.2) is 60.7 Å². The van der Waals surface area contributed by atoms with Crippen molar-refractivity contribution in [3.63, 3.8) is 0 Å². The molecule has 1 saturated heterocycles. The van der Waals surface area contributed by atoms with E-state index in [1.807, 2.05) is 41.3 Å². The predicted molar refractivity (Wildman–Crippen MR) is 99.7 cm³/mol. The number of benzene rings is 2. The van der Waals surface area contributed by atoms with E-state index in [1.165, 1.54) is 0 Å². The summed E-state index contributed by atoms with van der Waals surface area (Å²) < 4.78 is 5.57. The molecular weight excluding hydrogens is 314 g/mol. The maximum atomic E-state index is 12.6. The van der Waals surface area contributed by atoms with Gasteiger partial charge < -0.3 is 4.74 Å². The molecule has 0 N–H and O–H groups in total. The Morgan fingerprint density at radius 2 is 1.38 bits per heavy atom. The zero-order valence-corrected chi connectivity index (χ0v) is 15.6. The van der Waals surface area contributed by atoms with Gasteiger partial charge in [-0.2, -0.15) is 0 Å². The Hall–Kier alpha value is -2.07. The summed E-state index contributed by atoms with van der Waals surface area (Å²) in [6, 6.07) is 21.5. The maximum absolute atomic E-state index is 12.6. The summed E-state index contributed by atoms with van der Waals surface area (Å²) in [5, 5.41) is 0. The van der Waals surface area contributed by atoms with Crippen molar-refractivity contribution in [1.29, 1.82) is 0 Å². The van der Waals surface area contributed by atoms with Crippen molar-refractivity contribution < 1.29 is 9.53 Å². The molecule has 1 fully saturated rings. The molecule has 0 aromatic heterocycles. The lowest BCUT2D eigenvalue weighted by molar-refractivity contribution is 0.132. The molecule has 0 unspecified atom stereocenters. The van der Waals surface area contributed by atoms with Crippen LogP contribution in [0.25, 0.3) is 0 Å². The number of carbonyl (C=O) groups excluding carboxylic acids is 1. The highest BCUT2D eigenvalue weighted by Gasteiger charge is 2.53. The van der Waals surface area contributed by atoms with Gasteiger partial charge in [0.1, 0.15) is 0 Å². The molecule has 0 saturated carbocycles. The Bertz CT molecular complexity index is 636. The number of nitrogens with zero attached hydrogens (tertiary/aromatic N) is 1. The van der Waals surface area contributed by atoms with E-state index in [4.69, 9.17) is 4.74 Å². The molecule has 3 rings (SSSR count). The zero-order valence-electron chi connectivity index (χ0n) is 14.6. The first kappa shape index (κ1) is 16.8. The molecule has 0 radical (unpaired) electrons. The van der Waals surface area contributed by atoms with E-state index in [0.717, 1.165) is 17.2 Å². The van der Waals surface area contributed by atoms with Crippen LogP contribution in [-0.4, -0.2) is 25.7 Å². The lowest BCUT2D eigenvalue weighted by atomic mass is 10.0. The highest BCUT2D eigenvalue weighted by molar-refractivity contribution is 6.76. The van der Waals surface area contributed by atoms with E-state index >= 15 is 0 Å². The molecule has 0 spiro atoms. The highest BCUT2D eigenvalue weighted by Crippen LogP contribution is 2.54. The molecule has 2 atom stereocenters. The van der Waals surface area contributed by atoms with Crippen molar-refractivity contribution in [2.45, 2.75) is 37.8 Å². The summed E-state index contributed by atoms with van der Waals surface area (Å²) in [5.74, 6) is 0. The third-order valence-corrected chi connectivity index (χ3v) is 6.08. The van der Waals surface area contributed by atoms with Gasteiger partial charge in [-0.3, -0.25) is 4.90 Å². The number of amides is 1. The highest BCUT2D eigenvalue weighted by atomic mass is 28.3. The second-order valence-electron chi connectivity index (χ2n) is 7.54. The van der Waals surface area contributed by atoms with Crippen molar-refractivity contribution in [3.05, 3.63) is 71.8 Å². The Balaban J connectivity index is 1.73. The summed E-state index contributed by atoms with van der Waals surface area (Å²) in [4.78, 5) is 14.4. The van der Waals surface area contributed by atoms with E-state index in [0.29, 0.717) is 6.61 Å². The lowest BCUT2D eigenvalue weighted by Gasteiger charge is -2.15. The summed E-state index contributed by atoms with van der Waals surface area (Å²) in [6.45, 7) is 7.39. The number of carbonyl (C=O) groups is 1. The van der Waals surface area contributed by atoms with E-state index < -0.39 is 8.07 Å². The van der Waals surface area contributed by atoms with Gasteiger partial charge in [0.05, 0.1) is 18.7 Å². The fourth-order valence-electron chi connectivity index (χ4n) is 2.96. The minimum absolute atomic E-state index is 0.0768. The van der Waals surface area contributed by atoms with Gasteiger partial charge in [0.25, 0.3) is 0 Å². The van der Waals surface area contributed by atoms with Crippen molar-refractivity contribution in [1.82, 2.24) is 4.90 Å². The molecule has 1 aliphatic rings. The van der Waals surface area contributed by atoms with Crippen LogP contribution in [0.2, 0.25) is 25.7 Å². The Kier molecular flexibility index (Phi) is 4.76. The van der Waals surface area contributed by atoms with Gasteiger partial charge in [-0.15, -0.1) is 0 Å². The largest absolute Gasteiger partial charge is 0.450 e. The summed E-state index contributed by atoms with van der Waals surface area (Å²) in [5.41, 5.74) is 2.32. The number of ether oxygens (including phenoxy) is 1. The van der Waals surface area contributed by atoms with E-state index in [9.17, 15) is 4.79 Å². The van der Waals surface area contributed by atoms with Gasteiger partial charge in [-0.25, -0.2) is 4.79 Å². The van der Waals surface area contributed by atoms with Crippen molar-refractivity contribution in [3.8, 4) is 0 Å². The fraction of sp³-hybridized carbons (Fsp3) is 0.350. The molecule has 1 aliphatic heterocycles. The van der Waals surface area contributed by atoms with Gasteiger partial charge in [0, 0.05) is 8.07 Å². The molecule has 24 heavy (non-hydrogen) atoms. The smallest absolute Gasteiger partial charge is 0.410 e. The molecule has 2 aromatic carbocycles. The van der Waals surface area contributed by atoms with Gasteiger partial charge >= 0.3 is 6.09 Å². The molecule has 2 aromatic rings. The minimum atomic E-state index is -1.20. The quantitative estimate of drug-likeness (QED) is 0.549. The average molecular weight is 340 g/mol. The van der Waals surface area contributed by atoms with Crippen molar-refractivity contribution >= 4 is 14.2 Å². The Morgan fingerprint density at radius 1 is 0.917 bits per heavy atom.